The van der Waals surface area contributed by atoms with Crippen LogP contribution in [0.25, 0.3) is 5.69 Å². The molecule has 0 unspecified atom stereocenters. The summed E-state index contributed by atoms with van der Waals surface area (Å²) in [6, 6.07) is 4.17. The SMILES string of the molecule is N#Cc1cc(F)ccc1-n1ncc(C(N)=O)c1C(F)(F)F. The third-order valence-electron chi connectivity index (χ3n) is 2.61. The highest BCUT2D eigenvalue weighted by molar-refractivity contribution is 5.94. The number of nitrogens with zero attached hydrogens (tertiary/aromatic N) is 3. The van der Waals surface area contributed by atoms with Gasteiger partial charge in [-0.15, -0.1) is 0 Å². The molecule has 1 heterocycles. The van der Waals surface area contributed by atoms with E-state index in [-0.39, 0.29) is 11.3 Å². The maximum Gasteiger partial charge on any atom is 0.434 e. The smallest absolute Gasteiger partial charge is 0.365 e. The molecule has 2 rings (SSSR count). The standard InChI is InChI=1S/C12H6F4N4O/c13-7-1-2-9(6(3-7)4-17)20-10(12(14,15)16)8(5-19-20)11(18)21/h1-3,5H,(H2,18,21). The van der Waals surface area contributed by atoms with Crippen molar-refractivity contribution < 1.29 is 22.4 Å². The van der Waals surface area contributed by atoms with Crippen LogP contribution in [0.15, 0.2) is 24.4 Å². The Bertz CT molecular complexity index is 758. The first-order chi connectivity index (χ1) is 9.75. The molecule has 0 fully saturated rings. The number of rotatable bonds is 2. The first-order valence-corrected chi connectivity index (χ1v) is 5.40. The molecule has 2 aromatic rings. The molecule has 0 saturated heterocycles. The molecule has 21 heavy (non-hydrogen) atoms. The third-order valence-corrected chi connectivity index (χ3v) is 2.61. The molecule has 1 aromatic carbocycles. The number of hydrogen-bond donors (Lipinski definition) is 1. The molecular weight excluding hydrogens is 292 g/mol. The fourth-order valence-corrected chi connectivity index (χ4v) is 1.77. The average Bonchev–Trinajstić information content (AvgIpc) is 2.83. The number of nitriles is 1. The largest absolute Gasteiger partial charge is 0.434 e. The topological polar surface area (TPSA) is 84.7 Å². The lowest BCUT2D eigenvalue weighted by Gasteiger charge is -2.12. The van der Waals surface area contributed by atoms with Gasteiger partial charge >= 0.3 is 6.18 Å². The Morgan fingerprint density at radius 2 is 2.05 bits per heavy atom. The Balaban J connectivity index is 2.77. The summed E-state index contributed by atoms with van der Waals surface area (Å²) in [5, 5.41) is 12.3. The number of carbonyl (C=O) groups excluding carboxylic acids is 1. The van der Waals surface area contributed by atoms with E-state index in [1.165, 1.54) is 0 Å². The van der Waals surface area contributed by atoms with E-state index < -0.39 is 29.2 Å². The van der Waals surface area contributed by atoms with E-state index in [4.69, 9.17) is 11.0 Å². The Morgan fingerprint density at radius 1 is 1.38 bits per heavy atom. The zero-order valence-electron chi connectivity index (χ0n) is 10.1. The van der Waals surface area contributed by atoms with Crippen LogP contribution in [-0.4, -0.2) is 15.7 Å². The summed E-state index contributed by atoms with van der Waals surface area (Å²) in [5.74, 6) is -2.10. The highest BCUT2D eigenvalue weighted by atomic mass is 19.4. The number of primary amides is 1. The van der Waals surface area contributed by atoms with Crippen molar-refractivity contribution in [3.8, 4) is 11.8 Å². The van der Waals surface area contributed by atoms with Gasteiger partial charge in [0.15, 0.2) is 5.69 Å². The molecule has 108 valence electrons. The van der Waals surface area contributed by atoms with Gasteiger partial charge in [-0.1, -0.05) is 0 Å². The van der Waals surface area contributed by atoms with Gasteiger partial charge in [-0.25, -0.2) is 9.07 Å². The minimum Gasteiger partial charge on any atom is -0.365 e. The average molecular weight is 298 g/mol. The first kappa shape index (κ1) is 14.5. The second-order valence-electron chi connectivity index (χ2n) is 3.95. The number of hydrogen-bond acceptors (Lipinski definition) is 3. The lowest BCUT2D eigenvalue weighted by atomic mass is 10.1. The molecular formula is C12H6F4N4O. The van der Waals surface area contributed by atoms with Gasteiger partial charge in [0.2, 0.25) is 0 Å². The molecule has 2 N–H and O–H groups in total. The zero-order valence-corrected chi connectivity index (χ0v) is 10.1. The minimum atomic E-state index is -4.93. The van der Waals surface area contributed by atoms with Crippen LogP contribution >= 0.6 is 0 Å². The van der Waals surface area contributed by atoms with Gasteiger partial charge in [-0.05, 0) is 18.2 Å². The van der Waals surface area contributed by atoms with Crippen molar-refractivity contribution >= 4 is 5.91 Å². The molecule has 0 bridgehead atoms. The summed E-state index contributed by atoms with van der Waals surface area (Å²) in [6.45, 7) is 0. The van der Waals surface area contributed by atoms with E-state index >= 15 is 0 Å². The van der Waals surface area contributed by atoms with Gasteiger partial charge in [0.1, 0.15) is 11.9 Å². The molecule has 0 aliphatic carbocycles. The van der Waals surface area contributed by atoms with E-state index in [1.54, 1.807) is 6.07 Å². The van der Waals surface area contributed by atoms with Gasteiger partial charge < -0.3 is 5.73 Å². The normalized spacial score (nSPS) is 11.2. The molecule has 1 aromatic heterocycles. The van der Waals surface area contributed by atoms with Crippen molar-refractivity contribution in [2.45, 2.75) is 6.18 Å². The summed E-state index contributed by atoms with van der Waals surface area (Å²) in [6.07, 6.45) is -4.28. The van der Waals surface area contributed by atoms with Crippen molar-refractivity contribution in [2.24, 2.45) is 5.73 Å². The lowest BCUT2D eigenvalue weighted by molar-refractivity contribution is -0.143. The highest BCUT2D eigenvalue weighted by Gasteiger charge is 2.40. The number of nitrogens with two attached hydrogens (primary N) is 1. The van der Waals surface area contributed by atoms with Crippen LogP contribution < -0.4 is 5.73 Å². The van der Waals surface area contributed by atoms with Crippen LogP contribution in [-0.2, 0) is 6.18 Å². The fourth-order valence-electron chi connectivity index (χ4n) is 1.77. The Labute approximate surface area is 115 Å². The van der Waals surface area contributed by atoms with Crippen molar-refractivity contribution in [1.82, 2.24) is 9.78 Å². The predicted molar refractivity (Wildman–Crippen MR) is 61.8 cm³/mol. The maximum absolute atomic E-state index is 13.1. The van der Waals surface area contributed by atoms with Crippen molar-refractivity contribution in [3.05, 3.63) is 47.0 Å². The van der Waals surface area contributed by atoms with Crippen LogP contribution in [0.1, 0.15) is 21.6 Å². The number of amides is 1. The molecule has 0 radical (unpaired) electrons. The number of benzene rings is 1. The van der Waals surface area contributed by atoms with E-state index in [1.807, 2.05) is 0 Å². The third kappa shape index (κ3) is 2.55. The summed E-state index contributed by atoms with van der Waals surface area (Å²) in [7, 11) is 0. The van der Waals surface area contributed by atoms with Crippen LogP contribution in [0.5, 0.6) is 0 Å². The number of aromatic nitrogens is 2. The highest BCUT2D eigenvalue weighted by Crippen LogP contribution is 2.34. The minimum absolute atomic E-state index is 0.307. The molecule has 0 aliphatic rings. The van der Waals surface area contributed by atoms with Crippen LogP contribution in [0.2, 0.25) is 0 Å². The number of carbonyl (C=O) groups is 1. The molecule has 0 atom stereocenters. The second kappa shape index (κ2) is 4.90. The van der Waals surface area contributed by atoms with Crippen LogP contribution in [0.4, 0.5) is 17.6 Å². The van der Waals surface area contributed by atoms with E-state index in [0.29, 0.717) is 10.9 Å². The summed E-state index contributed by atoms with van der Waals surface area (Å²) < 4.78 is 52.6. The summed E-state index contributed by atoms with van der Waals surface area (Å²) >= 11 is 0. The summed E-state index contributed by atoms with van der Waals surface area (Å²) in [4.78, 5) is 11.1. The van der Waals surface area contributed by atoms with E-state index in [9.17, 15) is 22.4 Å². The Hall–Kier alpha value is -2.89. The monoisotopic (exact) mass is 298 g/mol. The maximum atomic E-state index is 13.1. The van der Waals surface area contributed by atoms with Crippen molar-refractivity contribution in [1.29, 1.82) is 5.26 Å². The van der Waals surface area contributed by atoms with Gasteiger partial charge in [-0.2, -0.15) is 23.5 Å². The van der Waals surface area contributed by atoms with Gasteiger partial charge in [0.25, 0.3) is 5.91 Å². The second-order valence-corrected chi connectivity index (χ2v) is 3.95. The molecule has 0 aliphatic heterocycles. The fraction of sp³-hybridized carbons (Fsp3) is 0.0833. The first-order valence-electron chi connectivity index (χ1n) is 5.40. The molecule has 9 heteroatoms. The molecule has 1 amide bonds. The van der Waals surface area contributed by atoms with Crippen molar-refractivity contribution in [3.63, 3.8) is 0 Å². The Kier molecular flexibility index (Phi) is 3.39. The van der Waals surface area contributed by atoms with Gasteiger partial charge in [-0.3, -0.25) is 4.79 Å². The molecule has 0 spiro atoms. The zero-order chi connectivity index (χ0) is 15.8. The van der Waals surface area contributed by atoms with Gasteiger partial charge in [0.05, 0.1) is 23.0 Å². The molecule has 5 nitrogen and oxygen atoms in total. The Morgan fingerprint density at radius 3 is 2.57 bits per heavy atom. The summed E-state index contributed by atoms with van der Waals surface area (Å²) in [5.41, 5.74) is 1.96. The quantitative estimate of drug-likeness (QED) is 0.860. The predicted octanol–water partition coefficient (Wildman–Crippen LogP) is 2.00. The van der Waals surface area contributed by atoms with Gasteiger partial charge in [0, 0.05) is 0 Å². The van der Waals surface area contributed by atoms with E-state index in [0.717, 1.165) is 18.2 Å². The number of halogens is 4. The van der Waals surface area contributed by atoms with Crippen molar-refractivity contribution in [2.75, 3.05) is 0 Å². The van der Waals surface area contributed by atoms with E-state index in [2.05, 4.69) is 5.10 Å². The number of alkyl halides is 3. The molecule has 0 saturated carbocycles. The van der Waals surface area contributed by atoms with Crippen LogP contribution in [0.3, 0.4) is 0 Å². The lowest BCUT2D eigenvalue weighted by Crippen LogP contribution is -2.21. The van der Waals surface area contributed by atoms with Crippen LogP contribution in [0, 0.1) is 17.1 Å².